The van der Waals surface area contributed by atoms with Gasteiger partial charge in [-0.2, -0.15) is 5.10 Å². The first-order valence-electron chi connectivity index (χ1n) is 6.32. The van der Waals surface area contributed by atoms with Gasteiger partial charge >= 0.3 is 0 Å². The second-order valence-corrected chi connectivity index (χ2v) is 4.56. The lowest BCUT2D eigenvalue weighted by atomic mass is 10.1. The van der Waals surface area contributed by atoms with E-state index in [2.05, 4.69) is 22.4 Å². The average molecular weight is 258 g/mol. The molecule has 1 amide bonds. The van der Waals surface area contributed by atoms with Gasteiger partial charge in [-0.25, -0.2) is 0 Å². The van der Waals surface area contributed by atoms with Crippen LogP contribution >= 0.6 is 0 Å². The number of nitrogens with two attached hydrogens (primary N) is 1. The number of aryl methyl sites for hydroxylation is 2. The molecule has 19 heavy (non-hydrogen) atoms. The number of nitrogen functional groups attached to an aromatic ring is 1. The number of carbonyl (C=O) groups excluding carboxylic acids is 1. The number of rotatable bonds is 4. The van der Waals surface area contributed by atoms with E-state index in [4.69, 9.17) is 5.73 Å². The molecule has 0 saturated carbocycles. The summed E-state index contributed by atoms with van der Waals surface area (Å²) in [6.07, 6.45) is 1.95. The van der Waals surface area contributed by atoms with Crippen molar-refractivity contribution in [2.75, 3.05) is 11.1 Å². The van der Waals surface area contributed by atoms with E-state index in [-0.39, 0.29) is 5.91 Å². The Morgan fingerprint density at radius 2 is 2.21 bits per heavy atom. The highest BCUT2D eigenvalue weighted by atomic mass is 16.1. The predicted molar refractivity (Wildman–Crippen MR) is 76.1 cm³/mol. The van der Waals surface area contributed by atoms with Crippen LogP contribution < -0.4 is 11.1 Å². The number of H-pyrrole nitrogens is 1. The Morgan fingerprint density at radius 1 is 1.42 bits per heavy atom. The fraction of sp³-hybridized carbons (Fsp3) is 0.286. The minimum absolute atomic E-state index is 0.174. The van der Waals surface area contributed by atoms with Crippen molar-refractivity contribution in [3.8, 4) is 0 Å². The summed E-state index contributed by atoms with van der Waals surface area (Å²) in [4.78, 5) is 12.1. The average Bonchev–Trinajstić information content (AvgIpc) is 2.76. The van der Waals surface area contributed by atoms with E-state index in [1.54, 1.807) is 18.2 Å². The molecule has 2 rings (SSSR count). The number of benzene rings is 1. The van der Waals surface area contributed by atoms with Gasteiger partial charge in [0.25, 0.3) is 5.91 Å². The zero-order valence-corrected chi connectivity index (χ0v) is 11.2. The number of nitrogens with zero attached hydrogens (tertiary/aromatic N) is 1. The summed E-state index contributed by atoms with van der Waals surface area (Å²) in [6, 6.07) is 7.07. The van der Waals surface area contributed by atoms with Crippen LogP contribution in [0.4, 0.5) is 11.5 Å². The Balaban J connectivity index is 2.11. The highest BCUT2D eigenvalue weighted by molar-refractivity contribution is 6.05. The van der Waals surface area contributed by atoms with Crippen LogP contribution in [0.1, 0.15) is 35.0 Å². The van der Waals surface area contributed by atoms with Gasteiger partial charge in [-0.3, -0.25) is 9.89 Å². The molecule has 1 heterocycles. The number of amides is 1. The summed E-state index contributed by atoms with van der Waals surface area (Å²) in [7, 11) is 0. The molecular formula is C14H18N4O. The fourth-order valence-electron chi connectivity index (χ4n) is 1.95. The van der Waals surface area contributed by atoms with Gasteiger partial charge in [0.15, 0.2) is 5.82 Å². The number of aromatic nitrogens is 2. The summed E-state index contributed by atoms with van der Waals surface area (Å²) >= 11 is 0. The Morgan fingerprint density at radius 3 is 2.89 bits per heavy atom. The number of hydrogen-bond donors (Lipinski definition) is 3. The molecule has 5 nitrogen and oxygen atoms in total. The van der Waals surface area contributed by atoms with Gasteiger partial charge in [-0.05, 0) is 37.1 Å². The van der Waals surface area contributed by atoms with Crippen LogP contribution in [0.5, 0.6) is 0 Å². The van der Waals surface area contributed by atoms with E-state index in [9.17, 15) is 4.79 Å². The minimum Gasteiger partial charge on any atom is -0.399 e. The van der Waals surface area contributed by atoms with Crippen LogP contribution in [-0.4, -0.2) is 16.1 Å². The van der Waals surface area contributed by atoms with Gasteiger partial charge in [0, 0.05) is 23.0 Å². The third kappa shape index (κ3) is 3.13. The smallest absolute Gasteiger partial charge is 0.257 e. The first-order valence-corrected chi connectivity index (χ1v) is 6.32. The van der Waals surface area contributed by atoms with E-state index in [1.165, 1.54) is 0 Å². The maximum atomic E-state index is 12.1. The molecule has 0 bridgehead atoms. The van der Waals surface area contributed by atoms with Crippen LogP contribution in [0.2, 0.25) is 0 Å². The van der Waals surface area contributed by atoms with Crippen LogP contribution in [0.3, 0.4) is 0 Å². The minimum atomic E-state index is -0.174. The molecule has 2 aromatic rings. The number of nitrogens with one attached hydrogen (secondary N) is 2. The van der Waals surface area contributed by atoms with E-state index in [0.717, 1.165) is 24.1 Å². The Bertz CT molecular complexity index is 589. The van der Waals surface area contributed by atoms with Crippen molar-refractivity contribution in [3.63, 3.8) is 0 Å². The summed E-state index contributed by atoms with van der Waals surface area (Å²) in [5.74, 6) is 0.372. The molecule has 1 aromatic carbocycles. The molecule has 1 aromatic heterocycles. The van der Waals surface area contributed by atoms with Gasteiger partial charge in [-0.15, -0.1) is 0 Å². The van der Waals surface area contributed by atoms with Crippen molar-refractivity contribution in [2.45, 2.75) is 26.7 Å². The molecule has 4 N–H and O–H groups in total. The van der Waals surface area contributed by atoms with Gasteiger partial charge < -0.3 is 11.1 Å². The van der Waals surface area contributed by atoms with Crippen LogP contribution in [0.15, 0.2) is 24.3 Å². The van der Waals surface area contributed by atoms with Gasteiger partial charge in [0.05, 0.1) is 0 Å². The zero-order chi connectivity index (χ0) is 13.8. The highest BCUT2D eigenvalue weighted by Crippen LogP contribution is 2.15. The second kappa shape index (κ2) is 5.56. The lowest BCUT2D eigenvalue weighted by Crippen LogP contribution is -2.13. The summed E-state index contributed by atoms with van der Waals surface area (Å²) < 4.78 is 0. The molecule has 0 aliphatic carbocycles. The standard InChI is InChI=1S/C14H18N4O/c1-3-4-11-8-13(18-17-11)16-14(19)12-6-5-10(15)7-9(12)2/h5-8H,3-4,15H2,1-2H3,(H2,16,17,18,19). The summed E-state index contributed by atoms with van der Waals surface area (Å²) in [5, 5.41) is 9.74. The third-order valence-electron chi connectivity index (χ3n) is 2.89. The highest BCUT2D eigenvalue weighted by Gasteiger charge is 2.11. The molecule has 0 atom stereocenters. The molecule has 0 saturated heterocycles. The quantitative estimate of drug-likeness (QED) is 0.737. The lowest BCUT2D eigenvalue weighted by molar-refractivity contribution is 0.102. The SMILES string of the molecule is CCCc1cc(NC(=O)c2ccc(N)cc2C)n[nH]1. The number of hydrogen-bond acceptors (Lipinski definition) is 3. The largest absolute Gasteiger partial charge is 0.399 e. The van der Waals surface area contributed by atoms with Crippen LogP contribution in [-0.2, 0) is 6.42 Å². The Labute approximate surface area is 112 Å². The Hall–Kier alpha value is -2.30. The zero-order valence-electron chi connectivity index (χ0n) is 11.2. The van der Waals surface area contributed by atoms with Crippen molar-refractivity contribution in [2.24, 2.45) is 0 Å². The lowest BCUT2D eigenvalue weighted by Gasteiger charge is -2.06. The maximum absolute atomic E-state index is 12.1. The summed E-state index contributed by atoms with van der Waals surface area (Å²) in [6.45, 7) is 3.95. The van der Waals surface area contributed by atoms with Crippen LogP contribution in [0.25, 0.3) is 0 Å². The van der Waals surface area contributed by atoms with Crippen molar-refractivity contribution < 1.29 is 4.79 Å². The molecule has 5 heteroatoms. The monoisotopic (exact) mass is 258 g/mol. The van der Waals surface area contributed by atoms with E-state index in [0.29, 0.717) is 17.1 Å². The number of carbonyl (C=O) groups is 1. The maximum Gasteiger partial charge on any atom is 0.257 e. The molecule has 0 radical (unpaired) electrons. The molecule has 0 fully saturated rings. The van der Waals surface area contributed by atoms with Gasteiger partial charge in [-0.1, -0.05) is 13.3 Å². The second-order valence-electron chi connectivity index (χ2n) is 4.56. The van der Waals surface area contributed by atoms with E-state index in [1.807, 2.05) is 13.0 Å². The van der Waals surface area contributed by atoms with Crippen molar-refractivity contribution >= 4 is 17.4 Å². The van der Waals surface area contributed by atoms with Crippen LogP contribution in [0, 0.1) is 6.92 Å². The number of aromatic amines is 1. The molecule has 0 aliphatic heterocycles. The first-order chi connectivity index (χ1) is 9.10. The van der Waals surface area contributed by atoms with Gasteiger partial charge in [0.1, 0.15) is 0 Å². The molecule has 0 unspecified atom stereocenters. The van der Waals surface area contributed by atoms with Crippen molar-refractivity contribution in [3.05, 3.63) is 41.1 Å². The topological polar surface area (TPSA) is 83.8 Å². The van der Waals surface area contributed by atoms with E-state index >= 15 is 0 Å². The van der Waals surface area contributed by atoms with Crippen molar-refractivity contribution in [1.29, 1.82) is 0 Å². The third-order valence-corrected chi connectivity index (χ3v) is 2.89. The normalized spacial score (nSPS) is 10.4. The number of anilines is 2. The molecule has 0 spiro atoms. The Kier molecular flexibility index (Phi) is 3.85. The summed E-state index contributed by atoms with van der Waals surface area (Å²) in [5.41, 5.74) is 8.79. The fourth-order valence-corrected chi connectivity index (χ4v) is 1.95. The predicted octanol–water partition coefficient (Wildman–Crippen LogP) is 2.51. The molecule has 0 aliphatic rings. The van der Waals surface area contributed by atoms with E-state index < -0.39 is 0 Å². The van der Waals surface area contributed by atoms with Crippen molar-refractivity contribution in [1.82, 2.24) is 10.2 Å². The molecular weight excluding hydrogens is 240 g/mol. The first kappa shape index (κ1) is 13.1. The van der Waals surface area contributed by atoms with Gasteiger partial charge in [0.2, 0.25) is 0 Å². The molecule has 100 valence electrons.